The fourth-order valence-electron chi connectivity index (χ4n) is 3.37. The van der Waals surface area contributed by atoms with E-state index in [1.807, 2.05) is 0 Å². The number of hydrogen-bond acceptors (Lipinski definition) is 5. The van der Waals surface area contributed by atoms with Gasteiger partial charge >= 0.3 is 0 Å². The Morgan fingerprint density at radius 2 is 1.96 bits per heavy atom. The normalized spacial score (nSPS) is 20.4. The molecule has 3 rings (SSSR count). The Hall–Kier alpha value is -2.19. The molecule has 1 saturated heterocycles. The van der Waals surface area contributed by atoms with E-state index in [2.05, 4.69) is 19.6 Å². The molecular weight excluding hydrogens is 364 g/mol. The van der Waals surface area contributed by atoms with Crippen LogP contribution in [0.4, 0.5) is 0 Å². The van der Waals surface area contributed by atoms with Crippen molar-refractivity contribution in [1.29, 1.82) is 0 Å². The molecule has 146 valence electrons. The van der Waals surface area contributed by atoms with Crippen LogP contribution >= 0.6 is 0 Å². The van der Waals surface area contributed by atoms with Crippen LogP contribution in [0.15, 0.2) is 18.2 Å². The van der Waals surface area contributed by atoms with Crippen molar-refractivity contribution in [3.05, 3.63) is 29.3 Å². The Balaban J connectivity index is 1.67. The molecule has 2 aliphatic rings. The van der Waals surface area contributed by atoms with Crippen molar-refractivity contribution >= 4 is 25.8 Å². The molecule has 1 unspecified atom stereocenters. The van der Waals surface area contributed by atoms with E-state index >= 15 is 0 Å². The largest absolute Gasteiger partial charge is 0.508 e. The number of phenols is 1. The second kappa shape index (κ2) is 7.44. The lowest BCUT2D eigenvalue weighted by Crippen LogP contribution is -2.55. The number of fused-ring (bicyclic) bond motifs is 1. The van der Waals surface area contributed by atoms with Crippen molar-refractivity contribution in [2.45, 2.75) is 51.1 Å². The van der Waals surface area contributed by atoms with E-state index in [1.54, 1.807) is 12.1 Å². The van der Waals surface area contributed by atoms with Gasteiger partial charge in [0.25, 0.3) is 11.8 Å². The lowest BCUT2D eigenvalue weighted by molar-refractivity contribution is -0.158. The molecule has 0 aliphatic carbocycles. The van der Waals surface area contributed by atoms with Crippen LogP contribution in [0.25, 0.3) is 0 Å². The number of hydrogen-bond donors (Lipinski definition) is 1. The minimum atomic E-state index is -1.25. The highest BCUT2D eigenvalue weighted by Crippen LogP contribution is 2.33. The summed E-state index contributed by atoms with van der Waals surface area (Å²) < 4.78 is 5.58. The first-order valence-corrected chi connectivity index (χ1v) is 12.9. The zero-order valence-electron chi connectivity index (χ0n) is 16.0. The predicted octanol–water partition coefficient (Wildman–Crippen LogP) is 2.18. The standard InChI is InChI=1S/C19H26N2O5Si/c1-27(2,3)10-9-26-12-21-17(23)8-7-15(19(21)25)20-11-14-13(18(20)24)5-4-6-16(14)22/h4-6,15,22H,7-12H2,1-3H3. The average molecular weight is 391 g/mol. The molecule has 0 bridgehead atoms. The average Bonchev–Trinajstić information content (AvgIpc) is 2.92. The number of amides is 3. The molecule has 2 aliphatic heterocycles. The Morgan fingerprint density at radius 1 is 1.22 bits per heavy atom. The summed E-state index contributed by atoms with van der Waals surface area (Å²) in [7, 11) is -1.25. The van der Waals surface area contributed by atoms with E-state index in [-0.39, 0.29) is 37.3 Å². The molecule has 0 saturated carbocycles. The number of ether oxygens (including phenoxy) is 1. The van der Waals surface area contributed by atoms with Gasteiger partial charge in [0.1, 0.15) is 18.5 Å². The van der Waals surface area contributed by atoms with Crippen LogP contribution in [0.1, 0.15) is 28.8 Å². The van der Waals surface area contributed by atoms with Gasteiger partial charge in [0.15, 0.2) is 0 Å². The smallest absolute Gasteiger partial charge is 0.255 e. The molecule has 0 spiro atoms. The maximum Gasteiger partial charge on any atom is 0.255 e. The van der Waals surface area contributed by atoms with Crippen molar-refractivity contribution < 1.29 is 24.2 Å². The minimum Gasteiger partial charge on any atom is -0.508 e. The first-order chi connectivity index (χ1) is 12.7. The van der Waals surface area contributed by atoms with E-state index in [1.165, 1.54) is 11.0 Å². The summed E-state index contributed by atoms with van der Waals surface area (Å²) in [6.45, 7) is 7.31. The van der Waals surface area contributed by atoms with Gasteiger partial charge in [0, 0.05) is 32.2 Å². The van der Waals surface area contributed by atoms with E-state index in [0.29, 0.717) is 24.2 Å². The third-order valence-electron chi connectivity index (χ3n) is 5.05. The quantitative estimate of drug-likeness (QED) is 0.457. The van der Waals surface area contributed by atoms with Gasteiger partial charge in [-0.2, -0.15) is 0 Å². The van der Waals surface area contributed by atoms with Gasteiger partial charge in [0.2, 0.25) is 5.91 Å². The lowest BCUT2D eigenvalue weighted by Gasteiger charge is -2.35. The Morgan fingerprint density at radius 3 is 2.63 bits per heavy atom. The summed E-state index contributed by atoms with van der Waals surface area (Å²) in [4.78, 5) is 40.3. The third-order valence-corrected chi connectivity index (χ3v) is 6.75. The van der Waals surface area contributed by atoms with Gasteiger partial charge in [-0.05, 0) is 24.6 Å². The second-order valence-corrected chi connectivity index (χ2v) is 13.9. The molecule has 3 amide bonds. The maximum absolute atomic E-state index is 12.9. The number of carbonyl (C=O) groups excluding carboxylic acids is 3. The minimum absolute atomic E-state index is 0.0502. The van der Waals surface area contributed by atoms with Crippen LogP contribution in [0.3, 0.4) is 0 Å². The third kappa shape index (κ3) is 4.06. The fraction of sp³-hybridized carbons (Fsp3) is 0.526. The number of carbonyl (C=O) groups is 3. The van der Waals surface area contributed by atoms with Crippen LogP contribution in [-0.2, 0) is 20.9 Å². The molecule has 7 nitrogen and oxygen atoms in total. The maximum atomic E-state index is 12.9. The highest BCUT2D eigenvalue weighted by Gasteiger charge is 2.43. The summed E-state index contributed by atoms with van der Waals surface area (Å²) in [5.74, 6) is -0.904. The summed E-state index contributed by atoms with van der Waals surface area (Å²) in [6, 6.07) is 5.03. The SMILES string of the molecule is C[Si](C)(C)CCOCN1C(=O)CCC(N2Cc3c(O)cccc3C2=O)C1=O. The number of imide groups is 1. The lowest BCUT2D eigenvalue weighted by atomic mass is 10.0. The van der Waals surface area contributed by atoms with E-state index in [4.69, 9.17) is 4.74 Å². The van der Waals surface area contributed by atoms with Crippen LogP contribution in [0, 0.1) is 0 Å². The summed E-state index contributed by atoms with van der Waals surface area (Å²) in [5, 5.41) is 9.99. The zero-order chi connectivity index (χ0) is 19.8. The highest BCUT2D eigenvalue weighted by molar-refractivity contribution is 6.76. The second-order valence-electron chi connectivity index (χ2n) is 8.30. The molecule has 2 heterocycles. The van der Waals surface area contributed by atoms with Gasteiger partial charge in [-0.1, -0.05) is 25.7 Å². The molecule has 1 aromatic rings. The zero-order valence-corrected chi connectivity index (χ0v) is 17.0. The van der Waals surface area contributed by atoms with Crippen LogP contribution < -0.4 is 0 Å². The number of rotatable bonds is 6. The molecule has 1 aromatic carbocycles. The van der Waals surface area contributed by atoms with Crippen molar-refractivity contribution in [2.24, 2.45) is 0 Å². The number of benzene rings is 1. The van der Waals surface area contributed by atoms with E-state index < -0.39 is 20.0 Å². The molecule has 0 aromatic heterocycles. The number of nitrogens with zero attached hydrogens (tertiary/aromatic N) is 2. The predicted molar refractivity (Wildman–Crippen MR) is 102 cm³/mol. The Bertz CT molecular complexity index is 774. The van der Waals surface area contributed by atoms with Gasteiger partial charge < -0.3 is 14.7 Å². The molecule has 1 fully saturated rings. The Labute approximate surface area is 159 Å². The van der Waals surface area contributed by atoms with Crippen LogP contribution in [-0.4, -0.2) is 60.1 Å². The molecule has 1 atom stereocenters. The highest BCUT2D eigenvalue weighted by atomic mass is 28.3. The van der Waals surface area contributed by atoms with Gasteiger partial charge in [-0.3, -0.25) is 19.3 Å². The van der Waals surface area contributed by atoms with Crippen molar-refractivity contribution in [2.75, 3.05) is 13.3 Å². The summed E-state index contributed by atoms with van der Waals surface area (Å²) >= 11 is 0. The fourth-order valence-corrected chi connectivity index (χ4v) is 4.13. The topological polar surface area (TPSA) is 87.2 Å². The monoisotopic (exact) mass is 390 g/mol. The van der Waals surface area contributed by atoms with E-state index in [9.17, 15) is 19.5 Å². The van der Waals surface area contributed by atoms with Crippen LogP contribution in [0.5, 0.6) is 5.75 Å². The van der Waals surface area contributed by atoms with Gasteiger partial charge in [-0.25, -0.2) is 0 Å². The Kier molecular flexibility index (Phi) is 5.39. The molecule has 1 N–H and O–H groups in total. The van der Waals surface area contributed by atoms with Crippen molar-refractivity contribution in [1.82, 2.24) is 9.80 Å². The first kappa shape index (κ1) is 19.6. The molecule has 27 heavy (non-hydrogen) atoms. The van der Waals surface area contributed by atoms with E-state index in [0.717, 1.165) is 10.9 Å². The van der Waals surface area contributed by atoms with Gasteiger partial charge in [-0.15, -0.1) is 0 Å². The first-order valence-electron chi connectivity index (χ1n) is 9.23. The number of piperidine rings is 1. The number of aromatic hydroxyl groups is 1. The van der Waals surface area contributed by atoms with Crippen molar-refractivity contribution in [3.63, 3.8) is 0 Å². The van der Waals surface area contributed by atoms with Crippen LogP contribution in [0.2, 0.25) is 25.7 Å². The van der Waals surface area contributed by atoms with Crippen molar-refractivity contribution in [3.8, 4) is 5.75 Å². The number of phenolic OH excluding ortho intramolecular Hbond substituents is 1. The molecular formula is C19H26N2O5Si. The van der Waals surface area contributed by atoms with Gasteiger partial charge in [0.05, 0.1) is 6.54 Å². The molecule has 8 heteroatoms. The summed E-state index contributed by atoms with van der Waals surface area (Å²) in [6.07, 6.45) is 0.490. The number of likely N-dealkylation sites (tertiary alicyclic amines) is 1. The molecule has 0 radical (unpaired) electrons. The summed E-state index contributed by atoms with van der Waals surface area (Å²) in [5.41, 5.74) is 0.947.